The van der Waals surface area contributed by atoms with Gasteiger partial charge in [0.15, 0.2) is 41.2 Å². The molecular formula is C103H106N12O3+4. The summed E-state index contributed by atoms with van der Waals surface area (Å²) in [7, 11) is 8.32. The Morgan fingerprint density at radius 1 is 0.331 bits per heavy atom. The first-order valence-electron chi connectivity index (χ1n) is 41.1. The van der Waals surface area contributed by atoms with Crippen molar-refractivity contribution in [1.82, 2.24) is 39.5 Å². The summed E-state index contributed by atoms with van der Waals surface area (Å²) in [4.78, 5) is 32.6. The van der Waals surface area contributed by atoms with Crippen molar-refractivity contribution in [2.75, 3.05) is 0 Å². The highest BCUT2D eigenvalue weighted by atomic mass is 16.3. The zero-order valence-electron chi connectivity index (χ0n) is 71.9. The van der Waals surface area contributed by atoms with Crippen LogP contribution in [-0.2, 0) is 28.2 Å². The van der Waals surface area contributed by atoms with Crippen LogP contribution in [0.5, 0.6) is 0 Å². The minimum atomic E-state index is 0.223. The number of hydrogen-bond donors (Lipinski definition) is 0. The molecule has 12 heterocycles. The number of furan rings is 3. The monoisotopic (exact) mass is 1560 g/mol. The lowest BCUT2D eigenvalue weighted by atomic mass is 9.92. The number of rotatable bonds is 13. The highest BCUT2D eigenvalue weighted by molar-refractivity contribution is 6.11. The molecule has 0 amide bonds. The van der Waals surface area contributed by atoms with Crippen LogP contribution in [0.1, 0.15) is 167 Å². The van der Waals surface area contributed by atoms with Gasteiger partial charge in [-0.3, -0.25) is 4.98 Å². The molecule has 0 N–H and O–H groups in total. The first-order chi connectivity index (χ1) is 56.7. The normalized spacial score (nSPS) is 11.6. The second kappa shape index (κ2) is 33.3. The summed E-state index contributed by atoms with van der Waals surface area (Å²) in [5, 5.41) is 6.40. The molecule has 0 aliphatic carbocycles. The maximum Gasteiger partial charge on any atom is 0.294 e. The highest BCUT2D eigenvalue weighted by Crippen LogP contribution is 2.42. The van der Waals surface area contributed by atoms with E-state index in [0.29, 0.717) is 40.7 Å². The molecule has 0 aliphatic heterocycles. The summed E-state index contributed by atoms with van der Waals surface area (Å²) in [5.41, 5.74) is 31.0. The molecule has 592 valence electrons. The van der Waals surface area contributed by atoms with Crippen molar-refractivity contribution < 1.29 is 31.5 Å². The molecule has 0 atom stereocenters. The van der Waals surface area contributed by atoms with Crippen LogP contribution in [0, 0.1) is 48.5 Å². The van der Waals surface area contributed by atoms with E-state index in [1.165, 1.54) is 56.0 Å². The summed E-state index contributed by atoms with van der Waals surface area (Å²) in [5.74, 6) is 5.51. The maximum atomic E-state index is 6.34. The molecule has 0 fully saturated rings. The third-order valence-corrected chi connectivity index (χ3v) is 22.6. The van der Waals surface area contributed by atoms with Gasteiger partial charge in [0, 0.05) is 126 Å². The predicted molar refractivity (Wildman–Crippen MR) is 478 cm³/mol. The predicted octanol–water partition coefficient (Wildman–Crippen LogP) is 23.7. The van der Waals surface area contributed by atoms with E-state index in [0.717, 1.165) is 140 Å². The molecule has 0 unspecified atom stereocenters. The van der Waals surface area contributed by atoms with Crippen molar-refractivity contribution in [2.24, 2.45) is 28.2 Å². The van der Waals surface area contributed by atoms with E-state index >= 15 is 0 Å². The van der Waals surface area contributed by atoms with E-state index in [9.17, 15) is 0 Å². The fraction of sp³-hybridized carbons (Fsp3) is 0.252. The summed E-state index contributed by atoms with van der Waals surface area (Å²) >= 11 is 0. The number of imidazole rings is 1. The zero-order chi connectivity index (χ0) is 83.2. The highest BCUT2D eigenvalue weighted by Gasteiger charge is 2.30. The molecule has 12 aromatic heterocycles. The smallest absolute Gasteiger partial charge is 0.294 e. The van der Waals surface area contributed by atoms with Crippen molar-refractivity contribution in [3.05, 3.63) is 299 Å². The van der Waals surface area contributed by atoms with E-state index in [-0.39, 0.29) is 11.8 Å². The molecule has 0 bridgehead atoms. The van der Waals surface area contributed by atoms with Gasteiger partial charge in [0.05, 0.1) is 35.0 Å². The van der Waals surface area contributed by atoms with Gasteiger partial charge in [-0.2, -0.15) is 4.57 Å². The quantitative estimate of drug-likeness (QED) is 0.102. The topological polar surface area (TPSA) is 150 Å². The molecule has 18 aromatic rings. The fourth-order valence-corrected chi connectivity index (χ4v) is 15.9. The lowest BCUT2D eigenvalue weighted by Crippen LogP contribution is -2.30. The Morgan fingerprint density at radius 2 is 0.754 bits per heavy atom. The minimum absolute atomic E-state index is 0.223. The van der Waals surface area contributed by atoms with E-state index in [2.05, 4.69) is 357 Å². The molecule has 0 spiro atoms. The third-order valence-electron chi connectivity index (χ3n) is 22.6. The van der Waals surface area contributed by atoms with Gasteiger partial charge in [0.2, 0.25) is 34.2 Å². The number of para-hydroxylation sites is 1. The number of aromatic nitrogens is 12. The number of benzene rings is 6. The lowest BCUT2D eigenvalue weighted by molar-refractivity contribution is -0.660. The largest absolute Gasteiger partial charge is 0.437 e. The number of fused-ring (bicyclic) bond motifs is 9. The van der Waals surface area contributed by atoms with Gasteiger partial charge in [-0.25, -0.2) is 48.2 Å². The first kappa shape index (κ1) is 80.2. The molecule has 118 heavy (non-hydrogen) atoms. The number of pyridine rings is 7. The summed E-state index contributed by atoms with van der Waals surface area (Å²) in [6, 6.07) is 68.4. The van der Waals surface area contributed by atoms with Crippen LogP contribution in [0.3, 0.4) is 0 Å². The van der Waals surface area contributed by atoms with Crippen LogP contribution in [0.15, 0.2) is 245 Å². The molecular weight excluding hydrogens is 1450 g/mol. The van der Waals surface area contributed by atoms with Crippen molar-refractivity contribution in [1.29, 1.82) is 0 Å². The van der Waals surface area contributed by atoms with E-state index < -0.39 is 0 Å². The molecule has 0 radical (unpaired) electrons. The second-order valence-corrected chi connectivity index (χ2v) is 33.0. The Balaban J connectivity index is 0.000000124. The molecule has 15 nitrogen and oxygen atoms in total. The Hall–Kier alpha value is -13.0. The number of hydrogen-bond acceptors (Lipinski definition) is 10. The van der Waals surface area contributed by atoms with Crippen molar-refractivity contribution in [3.8, 4) is 84.6 Å². The van der Waals surface area contributed by atoms with Gasteiger partial charge >= 0.3 is 0 Å². The number of aryl methyl sites for hydroxylation is 11. The summed E-state index contributed by atoms with van der Waals surface area (Å²) in [6.07, 6.45) is 12.4. The van der Waals surface area contributed by atoms with Gasteiger partial charge in [0.25, 0.3) is 5.82 Å². The van der Waals surface area contributed by atoms with Crippen LogP contribution in [0.2, 0.25) is 0 Å². The number of nitrogens with zero attached hydrogens (tertiary/aromatic N) is 12. The van der Waals surface area contributed by atoms with Gasteiger partial charge in [-0.05, 0) is 160 Å². The van der Waals surface area contributed by atoms with E-state index in [1.54, 1.807) is 0 Å². The fourth-order valence-electron chi connectivity index (χ4n) is 15.9. The SMILES string of the molecule is Cc1ccc2c(n1)oc1c(-c3cc(-c4ccc(C(C)C)cc4)cc[n+]3C)c(C)ccc12.Cc1ccc2c(n1)oc1c(-c3cc(-c4ccccn4)cc[n+]3C)c(C)ccc12.Cc1ccc2c(n1)oc1c(-c3cc(-c4nc(C(C)C)nc(C(C)C)n4)cc[n+]3C)c(C)ccc12.Cc1ccccc1-c1n(-c2c(C(C)C)cccc2C(C)C)cc[n+]1C. The maximum absolute atomic E-state index is 6.34. The zero-order valence-corrected chi connectivity index (χ0v) is 71.9. The average Bonchev–Trinajstić information content (AvgIpc) is 1.56. The lowest BCUT2D eigenvalue weighted by Gasteiger charge is -2.18. The molecule has 6 aromatic carbocycles. The summed E-state index contributed by atoms with van der Waals surface area (Å²) < 4.78 is 29.9. The second-order valence-electron chi connectivity index (χ2n) is 33.0. The Labute approximate surface area is 692 Å². The van der Waals surface area contributed by atoms with Crippen LogP contribution in [0.25, 0.3) is 151 Å². The van der Waals surface area contributed by atoms with Crippen molar-refractivity contribution >= 4 is 66.2 Å². The van der Waals surface area contributed by atoms with Crippen LogP contribution < -0.4 is 18.3 Å². The van der Waals surface area contributed by atoms with E-state index in [4.69, 9.17) is 28.2 Å². The average molecular weight is 1560 g/mol. The Morgan fingerprint density at radius 3 is 1.19 bits per heavy atom. The molecule has 18 rings (SSSR count). The van der Waals surface area contributed by atoms with Gasteiger partial charge in [-0.15, -0.1) is 0 Å². The molecule has 15 heteroatoms. The Bertz CT molecular complexity index is 6760. The molecule has 0 saturated heterocycles. The van der Waals surface area contributed by atoms with E-state index in [1.807, 2.05) is 63.4 Å². The van der Waals surface area contributed by atoms with Gasteiger partial charge < -0.3 is 13.3 Å². The van der Waals surface area contributed by atoms with Gasteiger partial charge in [0.1, 0.15) is 50.9 Å². The summed E-state index contributed by atoms with van der Waals surface area (Å²) in [6.45, 7) is 36.5. The Kier molecular flexibility index (Phi) is 22.6. The third kappa shape index (κ3) is 15.8. The standard InChI is InChI=1S/C28H30N5O.C28H27N2O.C24H20N3O.C23H29N2/c1-15(2)25-30-26(16(3)4)32-27(31-25)19-12-13-33(7)22(14-19)23-17(5)8-10-20-21-11-9-18(6)29-28(21)34-24(20)23;1-17(2)20-8-10-21(11-9-20)22-14-15-30(5)25(16-22)26-18(3)6-12-23-24-13-7-19(4)29-28(24)31-27(23)26;1-15-7-9-18-19-10-8-16(2)26-24(19)28-23(18)22(15)21-14-17(11-13-27(21)3)20-6-4-5-12-25-20;1-16(2)19-12-9-13-20(17(3)4)22(19)25-15-14-24(6)23(25)21-11-8-7-10-18(21)5/h8-16H,1-7H3;6-17H,1-5H3;4-14H,1-3H3;7-17H,1-6H3/q4*+1. The molecule has 0 aliphatic rings. The van der Waals surface area contributed by atoms with Crippen LogP contribution in [0.4, 0.5) is 0 Å². The minimum Gasteiger partial charge on any atom is -0.437 e. The van der Waals surface area contributed by atoms with Crippen molar-refractivity contribution in [3.63, 3.8) is 0 Å². The first-order valence-corrected chi connectivity index (χ1v) is 41.1. The van der Waals surface area contributed by atoms with Crippen LogP contribution >= 0.6 is 0 Å². The molecule has 0 saturated carbocycles. The van der Waals surface area contributed by atoms with Crippen LogP contribution in [-0.4, -0.2) is 39.5 Å². The van der Waals surface area contributed by atoms with Crippen molar-refractivity contribution in [2.45, 2.75) is 147 Å². The van der Waals surface area contributed by atoms with Gasteiger partial charge in [-0.1, -0.05) is 172 Å².